The molecule has 4 atom stereocenters. The Morgan fingerprint density at radius 2 is 1.46 bits per heavy atom. The van der Waals surface area contributed by atoms with E-state index in [0.29, 0.717) is 5.41 Å². The quantitative estimate of drug-likeness (QED) is 0.445. The van der Waals surface area contributed by atoms with Crippen LogP contribution in [0, 0.1) is 46.8 Å². The first-order valence-corrected chi connectivity index (χ1v) is 12.4. The summed E-state index contributed by atoms with van der Waals surface area (Å²) in [7, 11) is 0. The van der Waals surface area contributed by atoms with Gasteiger partial charge in [0.15, 0.2) is 0 Å². The van der Waals surface area contributed by atoms with Crippen molar-refractivity contribution < 1.29 is 0 Å². The molecule has 0 aliphatic heterocycles. The third kappa shape index (κ3) is 4.52. The van der Waals surface area contributed by atoms with Crippen LogP contribution in [0.25, 0.3) is 0 Å². The molecule has 26 heavy (non-hydrogen) atoms. The van der Waals surface area contributed by atoms with Gasteiger partial charge in [0.2, 0.25) is 0 Å². The van der Waals surface area contributed by atoms with Gasteiger partial charge in [-0.05, 0) is 85.4 Å². The van der Waals surface area contributed by atoms with Gasteiger partial charge in [-0.3, -0.25) is 0 Å². The number of hydrogen-bond donors (Lipinski definition) is 0. The molecule has 3 aliphatic carbocycles. The van der Waals surface area contributed by atoms with Crippen LogP contribution in [0.2, 0.25) is 0 Å². The molecule has 3 saturated carbocycles. The third-order valence-corrected chi connectivity index (χ3v) is 9.69. The van der Waals surface area contributed by atoms with Gasteiger partial charge in [-0.2, -0.15) is 0 Å². The molecule has 0 N–H and O–H groups in total. The summed E-state index contributed by atoms with van der Waals surface area (Å²) in [5, 5.41) is 0. The molecule has 152 valence electrons. The van der Waals surface area contributed by atoms with Crippen molar-refractivity contribution in [3.63, 3.8) is 0 Å². The zero-order chi connectivity index (χ0) is 18.7. The Hall–Kier alpha value is 0. The molecular weight excluding hydrogens is 312 g/mol. The zero-order valence-electron chi connectivity index (χ0n) is 18.7. The van der Waals surface area contributed by atoms with Gasteiger partial charge in [-0.25, -0.2) is 0 Å². The maximum Gasteiger partial charge on any atom is -0.0297 e. The van der Waals surface area contributed by atoms with E-state index in [0.717, 1.165) is 41.4 Å². The molecule has 3 rings (SSSR count). The van der Waals surface area contributed by atoms with Gasteiger partial charge in [-0.1, -0.05) is 79.6 Å². The Bertz CT molecular complexity index is 408. The molecule has 3 aliphatic rings. The molecule has 0 radical (unpaired) electrons. The lowest BCUT2D eigenvalue weighted by Crippen LogP contribution is -2.40. The first-order chi connectivity index (χ1) is 12.4. The molecular formula is C26H48. The molecule has 0 saturated heterocycles. The summed E-state index contributed by atoms with van der Waals surface area (Å²) < 4.78 is 0. The van der Waals surface area contributed by atoms with E-state index < -0.39 is 0 Å². The van der Waals surface area contributed by atoms with E-state index in [2.05, 4.69) is 34.6 Å². The van der Waals surface area contributed by atoms with Crippen LogP contribution in [0.3, 0.4) is 0 Å². The SMILES string of the molecule is CCCC(C)C1CCC(C(C)(C)C2CCC(C)C(C3CCCC3)C2)CC1. The highest BCUT2D eigenvalue weighted by molar-refractivity contribution is 4.94. The van der Waals surface area contributed by atoms with E-state index in [1.54, 1.807) is 19.3 Å². The fourth-order valence-corrected chi connectivity index (χ4v) is 7.53. The minimum absolute atomic E-state index is 0.579. The molecule has 0 bridgehead atoms. The van der Waals surface area contributed by atoms with Gasteiger partial charge >= 0.3 is 0 Å². The van der Waals surface area contributed by atoms with Crippen molar-refractivity contribution in [2.45, 2.75) is 118 Å². The highest BCUT2D eigenvalue weighted by atomic mass is 14.5. The van der Waals surface area contributed by atoms with Crippen molar-refractivity contribution in [1.82, 2.24) is 0 Å². The maximum absolute atomic E-state index is 2.67. The highest BCUT2D eigenvalue weighted by Gasteiger charge is 2.44. The maximum atomic E-state index is 2.67. The average molecular weight is 361 g/mol. The van der Waals surface area contributed by atoms with Crippen LogP contribution in [0.5, 0.6) is 0 Å². The van der Waals surface area contributed by atoms with Crippen molar-refractivity contribution in [3.8, 4) is 0 Å². The van der Waals surface area contributed by atoms with Gasteiger partial charge < -0.3 is 0 Å². The van der Waals surface area contributed by atoms with Crippen molar-refractivity contribution in [1.29, 1.82) is 0 Å². The Balaban J connectivity index is 1.57. The minimum Gasteiger partial charge on any atom is -0.0654 e. The average Bonchev–Trinajstić information content (AvgIpc) is 3.16. The smallest absolute Gasteiger partial charge is 0.0297 e. The van der Waals surface area contributed by atoms with Crippen LogP contribution >= 0.6 is 0 Å². The van der Waals surface area contributed by atoms with Gasteiger partial charge in [0, 0.05) is 0 Å². The van der Waals surface area contributed by atoms with Gasteiger partial charge in [0.25, 0.3) is 0 Å². The fraction of sp³-hybridized carbons (Fsp3) is 1.00. The molecule has 4 unspecified atom stereocenters. The van der Waals surface area contributed by atoms with Crippen LogP contribution in [0.1, 0.15) is 118 Å². The largest absolute Gasteiger partial charge is 0.0654 e. The summed E-state index contributed by atoms with van der Waals surface area (Å²) in [5.41, 5.74) is 0.579. The van der Waals surface area contributed by atoms with Crippen molar-refractivity contribution in [3.05, 3.63) is 0 Å². The summed E-state index contributed by atoms with van der Waals surface area (Å²) >= 11 is 0. The molecule has 0 spiro atoms. The van der Waals surface area contributed by atoms with Crippen molar-refractivity contribution in [2.75, 3.05) is 0 Å². The second-order valence-electron chi connectivity index (χ2n) is 11.4. The Labute approximate surface area is 165 Å². The molecule has 3 fully saturated rings. The Kier molecular flexibility index (Phi) is 7.17. The van der Waals surface area contributed by atoms with Gasteiger partial charge in [-0.15, -0.1) is 0 Å². The molecule has 0 heteroatoms. The van der Waals surface area contributed by atoms with Crippen molar-refractivity contribution in [2.24, 2.45) is 46.8 Å². The summed E-state index contributed by atoms with van der Waals surface area (Å²) in [6.45, 7) is 12.8. The van der Waals surface area contributed by atoms with E-state index >= 15 is 0 Å². The van der Waals surface area contributed by atoms with Crippen LogP contribution < -0.4 is 0 Å². The van der Waals surface area contributed by atoms with Gasteiger partial charge in [0.05, 0.1) is 0 Å². The predicted octanol–water partition coefficient (Wildman–Crippen LogP) is 8.50. The summed E-state index contributed by atoms with van der Waals surface area (Å²) in [6.07, 6.45) is 19.6. The lowest BCUT2D eigenvalue weighted by molar-refractivity contribution is 0.00404. The third-order valence-electron chi connectivity index (χ3n) is 9.69. The van der Waals surface area contributed by atoms with Crippen LogP contribution in [-0.4, -0.2) is 0 Å². The highest BCUT2D eigenvalue weighted by Crippen LogP contribution is 2.54. The van der Waals surface area contributed by atoms with Crippen molar-refractivity contribution >= 4 is 0 Å². The number of hydrogen-bond acceptors (Lipinski definition) is 0. The van der Waals surface area contributed by atoms with Crippen LogP contribution in [0.15, 0.2) is 0 Å². The van der Waals surface area contributed by atoms with E-state index in [1.807, 2.05) is 0 Å². The predicted molar refractivity (Wildman–Crippen MR) is 115 cm³/mol. The molecule has 0 amide bonds. The Morgan fingerprint density at radius 1 is 0.846 bits per heavy atom. The Morgan fingerprint density at radius 3 is 2.08 bits per heavy atom. The van der Waals surface area contributed by atoms with E-state index in [4.69, 9.17) is 0 Å². The topological polar surface area (TPSA) is 0 Å². The van der Waals surface area contributed by atoms with Gasteiger partial charge in [0.1, 0.15) is 0 Å². The zero-order valence-corrected chi connectivity index (χ0v) is 18.7. The monoisotopic (exact) mass is 360 g/mol. The first kappa shape index (κ1) is 20.7. The minimum atomic E-state index is 0.579. The lowest BCUT2D eigenvalue weighted by atomic mass is 9.56. The number of rotatable bonds is 6. The lowest BCUT2D eigenvalue weighted by Gasteiger charge is -2.49. The molecule has 0 aromatic heterocycles. The molecule has 0 heterocycles. The first-order valence-electron chi connectivity index (χ1n) is 12.4. The molecule has 0 nitrogen and oxygen atoms in total. The van der Waals surface area contributed by atoms with Crippen LogP contribution in [-0.2, 0) is 0 Å². The second kappa shape index (κ2) is 9.00. The fourth-order valence-electron chi connectivity index (χ4n) is 7.53. The second-order valence-corrected chi connectivity index (χ2v) is 11.4. The van der Waals surface area contributed by atoms with E-state index in [1.165, 1.54) is 64.2 Å². The van der Waals surface area contributed by atoms with E-state index in [9.17, 15) is 0 Å². The van der Waals surface area contributed by atoms with Crippen LogP contribution in [0.4, 0.5) is 0 Å². The normalized spacial score (nSPS) is 38.4. The molecule has 0 aromatic rings. The standard InChI is InChI=1S/C26H48/c1-6-9-19(2)21-13-16-23(17-14-21)26(4,5)24-15-12-20(3)25(18-24)22-10-7-8-11-22/h19-25H,6-18H2,1-5H3. The van der Waals surface area contributed by atoms with E-state index in [-0.39, 0.29) is 0 Å². The summed E-state index contributed by atoms with van der Waals surface area (Å²) in [5.74, 6) is 7.11. The summed E-state index contributed by atoms with van der Waals surface area (Å²) in [4.78, 5) is 0. The molecule has 0 aromatic carbocycles. The summed E-state index contributed by atoms with van der Waals surface area (Å²) in [6, 6.07) is 0.